The maximum absolute atomic E-state index is 13.4. The van der Waals surface area contributed by atoms with Gasteiger partial charge < -0.3 is 5.32 Å². The number of halogens is 1. The van der Waals surface area contributed by atoms with Crippen molar-refractivity contribution in [2.24, 2.45) is 0 Å². The third kappa shape index (κ3) is 2.84. The number of rotatable bonds is 5. The minimum absolute atomic E-state index is 0.0590. The average molecular weight is 274 g/mol. The van der Waals surface area contributed by atoms with Crippen LogP contribution in [0.5, 0.6) is 0 Å². The Hall–Kier alpha value is -2.24. The summed E-state index contributed by atoms with van der Waals surface area (Å²) < 4.78 is 13.4. The average Bonchev–Trinajstić information content (AvgIpc) is 3.19. The summed E-state index contributed by atoms with van der Waals surface area (Å²) in [7, 11) is 0. The van der Waals surface area contributed by atoms with Crippen LogP contribution in [0.4, 0.5) is 4.39 Å². The van der Waals surface area contributed by atoms with Gasteiger partial charge in [0.15, 0.2) is 5.82 Å². The lowest BCUT2D eigenvalue weighted by molar-refractivity contribution is 0.0950. The predicted molar refractivity (Wildman–Crippen MR) is 70.8 cm³/mol. The minimum Gasteiger partial charge on any atom is -0.351 e. The van der Waals surface area contributed by atoms with Gasteiger partial charge in [-0.2, -0.15) is 5.10 Å². The molecule has 2 aromatic rings. The van der Waals surface area contributed by atoms with E-state index in [0.29, 0.717) is 18.9 Å². The molecule has 0 unspecified atom stereocenters. The summed E-state index contributed by atoms with van der Waals surface area (Å²) in [6, 6.07) is 5.92. The number of hydrogen-bond donors (Lipinski definition) is 2. The standard InChI is InChI=1S/C14H15FN4O/c15-11-4-2-1-3-10(11)14(20)16-8-7-12-17-13(19-18-12)9-5-6-9/h1-4,9H,5-8H2,(H,16,20)(H,17,18,19). The summed E-state index contributed by atoms with van der Waals surface area (Å²) in [6.07, 6.45) is 2.86. The van der Waals surface area contributed by atoms with E-state index in [9.17, 15) is 9.18 Å². The summed E-state index contributed by atoms with van der Waals surface area (Å²) in [5.74, 6) is 1.19. The fraction of sp³-hybridized carbons (Fsp3) is 0.357. The zero-order valence-corrected chi connectivity index (χ0v) is 10.9. The lowest BCUT2D eigenvalue weighted by Gasteiger charge is -2.04. The van der Waals surface area contributed by atoms with Crippen LogP contribution in [-0.2, 0) is 6.42 Å². The SMILES string of the molecule is O=C(NCCc1nc(C2CC2)n[nH]1)c1ccccc1F. The van der Waals surface area contributed by atoms with Crippen LogP contribution in [0.3, 0.4) is 0 Å². The number of aromatic amines is 1. The molecule has 1 fully saturated rings. The molecular formula is C14H15FN4O. The number of nitrogens with zero attached hydrogens (tertiary/aromatic N) is 2. The smallest absolute Gasteiger partial charge is 0.254 e. The monoisotopic (exact) mass is 274 g/mol. The van der Waals surface area contributed by atoms with Crippen molar-refractivity contribution in [1.29, 1.82) is 0 Å². The lowest BCUT2D eigenvalue weighted by Crippen LogP contribution is -2.26. The van der Waals surface area contributed by atoms with Crippen LogP contribution in [0.25, 0.3) is 0 Å². The van der Waals surface area contributed by atoms with Crippen molar-refractivity contribution in [3.63, 3.8) is 0 Å². The number of carbonyl (C=O) groups is 1. The van der Waals surface area contributed by atoms with Crippen LogP contribution in [0.1, 0.15) is 40.8 Å². The van der Waals surface area contributed by atoms with Crippen LogP contribution in [0, 0.1) is 5.82 Å². The lowest BCUT2D eigenvalue weighted by atomic mass is 10.2. The fourth-order valence-electron chi connectivity index (χ4n) is 1.98. The molecule has 1 aliphatic carbocycles. The van der Waals surface area contributed by atoms with Crippen molar-refractivity contribution >= 4 is 5.91 Å². The highest BCUT2D eigenvalue weighted by Gasteiger charge is 2.27. The number of benzene rings is 1. The van der Waals surface area contributed by atoms with Gasteiger partial charge in [-0.15, -0.1) is 0 Å². The fourth-order valence-corrected chi connectivity index (χ4v) is 1.98. The van der Waals surface area contributed by atoms with Crippen molar-refractivity contribution in [1.82, 2.24) is 20.5 Å². The molecule has 0 aliphatic heterocycles. The zero-order chi connectivity index (χ0) is 13.9. The molecule has 1 aromatic heterocycles. The molecule has 2 N–H and O–H groups in total. The Kier molecular flexibility index (Phi) is 3.45. The summed E-state index contributed by atoms with van der Waals surface area (Å²) in [4.78, 5) is 16.1. The Balaban J connectivity index is 1.51. The highest BCUT2D eigenvalue weighted by molar-refractivity contribution is 5.94. The Morgan fingerprint density at radius 1 is 1.40 bits per heavy atom. The summed E-state index contributed by atoms with van der Waals surface area (Å²) in [5, 5.41) is 9.68. The predicted octanol–water partition coefficient (Wildman–Crippen LogP) is 1.79. The van der Waals surface area contributed by atoms with E-state index >= 15 is 0 Å². The number of H-pyrrole nitrogens is 1. The maximum atomic E-state index is 13.4. The van der Waals surface area contributed by atoms with Crippen LogP contribution in [0.2, 0.25) is 0 Å². The molecule has 6 heteroatoms. The molecule has 5 nitrogen and oxygen atoms in total. The molecule has 1 saturated carbocycles. The van der Waals surface area contributed by atoms with Gasteiger partial charge in [0.05, 0.1) is 5.56 Å². The molecule has 1 aliphatic rings. The molecule has 0 saturated heterocycles. The van der Waals surface area contributed by atoms with Crippen LogP contribution >= 0.6 is 0 Å². The molecule has 20 heavy (non-hydrogen) atoms. The molecule has 0 bridgehead atoms. The van der Waals surface area contributed by atoms with E-state index in [4.69, 9.17) is 0 Å². The Morgan fingerprint density at radius 2 is 2.20 bits per heavy atom. The quantitative estimate of drug-likeness (QED) is 0.873. The van der Waals surface area contributed by atoms with Gasteiger partial charge in [0, 0.05) is 18.9 Å². The number of aromatic nitrogens is 3. The van der Waals surface area contributed by atoms with E-state index in [1.54, 1.807) is 12.1 Å². The van der Waals surface area contributed by atoms with Crippen molar-refractivity contribution < 1.29 is 9.18 Å². The highest BCUT2D eigenvalue weighted by atomic mass is 19.1. The first-order valence-electron chi connectivity index (χ1n) is 6.68. The van der Waals surface area contributed by atoms with Crippen molar-refractivity contribution in [2.45, 2.75) is 25.2 Å². The molecule has 1 amide bonds. The van der Waals surface area contributed by atoms with Crippen molar-refractivity contribution in [3.8, 4) is 0 Å². The molecule has 1 heterocycles. The van der Waals surface area contributed by atoms with E-state index < -0.39 is 11.7 Å². The normalized spacial score (nSPS) is 14.2. The molecule has 0 radical (unpaired) electrons. The number of carbonyl (C=O) groups excluding carboxylic acids is 1. The Labute approximate surface area is 115 Å². The number of nitrogens with one attached hydrogen (secondary N) is 2. The van der Waals surface area contributed by atoms with Gasteiger partial charge in [-0.05, 0) is 25.0 Å². The van der Waals surface area contributed by atoms with Gasteiger partial charge in [-0.3, -0.25) is 9.89 Å². The Morgan fingerprint density at radius 3 is 2.95 bits per heavy atom. The molecule has 0 spiro atoms. The van der Waals surface area contributed by atoms with Crippen LogP contribution < -0.4 is 5.32 Å². The maximum Gasteiger partial charge on any atom is 0.254 e. The van der Waals surface area contributed by atoms with E-state index in [2.05, 4.69) is 20.5 Å². The number of amides is 1. The van der Waals surface area contributed by atoms with Gasteiger partial charge in [-0.1, -0.05) is 12.1 Å². The van der Waals surface area contributed by atoms with Crippen LogP contribution in [-0.4, -0.2) is 27.6 Å². The molecule has 3 rings (SSSR count). The summed E-state index contributed by atoms with van der Waals surface area (Å²) in [5.41, 5.74) is 0.0590. The number of hydrogen-bond acceptors (Lipinski definition) is 3. The van der Waals surface area contributed by atoms with Gasteiger partial charge in [-0.25, -0.2) is 9.37 Å². The van der Waals surface area contributed by atoms with Gasteiger partial charge >= 0.3 is 0 Å². The zero-order valence-electron chi connectivity index (χ0n) is 10.9. The van der Waals surface area contributed by atoms with Gasteiger partial charge in [0.1, 0.15) is 11.6 Å². The van der Waals surface area contributed by atoms with E-state index in [-0.39, 0.29) is 5.56 Å². The molecule has 0 atom stereocenters. The third-order valence-electron chi connectivity index (χ3n) is 3.26. The Bertz CT molecular complexity index is 621. The first kappa shape index (κ1) is 12.8. The van der Waals surface area contributed by atoms with Gasteiger partial charge in [0.2, 0.25) is 0 Å². The van der Waals surface area contributed by atoms with Crippen molar-refractivity contribution in [2.75, 3.05) is 6.54 Å². The summed E-state index contributed by atoms with van der Waals surface area (Å²) >= 11 is 0. The van der Waals surface area contributed by atoms with Crippen molar-refractivity contribution in [3.05, 3.63) is 47.3 Å². The summed E-state index contributed by atoms with van der Waals surface area (Å²) in [6.45, 7) is 0.395. The van der Waals surface area contributed by atoms with Crippen LogP contribution in [0.15, 0.2) is 24.3 Å². The molecular weight excluding hydrogens is 259 g/mol. The second-order valence-corrected chi connectivity index (χ2v) is 4.90. The first-order valence-corrected chi connectivity index (χ1v) is 6.68. The van der Waals surface area contributed by atoms with E-state index in [1.807, 2.05) is 0 Å². The minimum atomic E-state index is -0.513. The molecule has 104 valence electrons. The third-order valence-corrected chi connectivity index (χ3v) is 3.26. The van der Waals surface area contributed by atoms with Gasteiger partial charge in [0.25, 0.3) is 5.91 Å². The highest BCUT2D eigenvalue weighted by Crippen LogP contribution is 2.37. The van der Waals surface area contributed by atoms with E-state index in [0.717, 1.165) is 24.5 Å². The largest absolute Gasteiger partial charge is 0.351 e. The second-order valence-electron chi connectivity index (χ2n) is 4.90. The topological polar surface area (TPSA) is 70.7 Å². The first-order chi connectivity index (χ1) is 9.74. The molecule has 1 aromatic carbocycles. The second kappa shape index (κ2) is 5.40. The van der Waals surface area contributed by atoms with E-state index in [1.165, 1.54) is 12.1 Å².